The van der Waals surface area contributed by atoms with Crippen LogP contribution in [0.1, 0.15) is 12.5 Å². The second kappa shape index (κ2) is 4.14. The van der Waals surface area contributed by atoms with E-state index < -0.39 is 0 Å². The third-order valence-electron chi connectivity index (χ3n) is 1.81. The van der Waals surface area contributed by atoms with Crippen molar-refractivity contribution in [2.45, 2.75) is 19.4 Å². The Balaban J connectivity index is 2.92. The molecule has 0 heterocycles. The maximum atomic E-state index is 9.19. The molecule has 0 aliphatic rings. The van der Waals surface area contributed by atoms with E-state index in [-0.39, 0.29) is 11.8 Å². The molecule has 1 rings (SSSR count). The van der Waals surface area contributed by atoms with Gasteiger partial charge in [-0.15, -0.1) is 0 Å². The fourth-order valence-electron chi connectivity index (χ4n) is 1.25. The molecule has 0 fully saturated rings. The number of nitrogens with two attached hydrogens (primary N) is 1. The van der Waals surface area contributed by atoms with Gasteiger partial charge in [-0.1, -0.05) is 6.07 Å². The summed E-state index contributed by atoms with van der Waals surface area (Å²) in [5.74, 6) is 0.905. The van der Waals surface area contributed by atoms with E-state index in [9.17, 15) is 5.11 Å². The number of methoxy groups -OCH3 is 1. The largest absolute Gasteiger partial charge is 0.508 e. The van der Waals surface area contributed by atoms with E-state index in [2.05, 4.69) is 0 Å². The lowest BCUT2D eigenvalue weighted by atomic mass is 10.1. The fraction of sp³-hybridized carbons (Fsp3) is 0.400. The standard InChI is InChI=1S/C10H15NO2/c1-7(11)5-8-3-4-9(12)6-10(8)13-2/h3-4,6-7,12H,5,11H2,1-2H3. The van der Waals surface area contributed by atoms with Crippen LogP contribution in [-0.4, -0.2) is 18.3 Å². The van der Waals surface area contributed by atoms with E-state index in [4.69, 9.17) is 10.5 Å². The van der Waals surface area contributed by atoms with Crippen molar-refractivity contribution in [1.29, 1.82) is 0 Å². The van der Waals surface area contributed by atoms with Crippen molar-refractivity contribution in [1.82, 2.24) is 0 Å². The summed E-state index contributed by atoms with van der Waals surface area (Å²) in [6.07, 6.45) is 0.753. The Morgan fingerprint density at radius 3 is 2.77 bits per heavy atom. The van der Waals surface area contributed by atoms with E-state index in [0.29, 0.717) is 5.75 Å². The van der Waals surface area contributed by atoms with Crippen LogP contribution in [0.4, 0.5) is 0 Å². The summed E-state index contributed by atoms with van der Waals surface area (Å²) in [7, 11) is 1.58. The highest BCUT2D eigenvalue weighted by molar-refractivity contribution is 5.40. The summed E-state index contributed by atoms with van der Waals surface area (Å²) in [5.41, 5.74) is 6.69. The molecule has 0 aliphatic carbocycles. The molecule has 0 saturated heterocycles. The number of phenolic OH excluding ortho intramolecular Hbond substituents is 1. The number of hydrogen-bond acceptors (Lipinski definition) is 3. The molecule has 0 spiro atoms. The SMILES string of the molecule is COc1cc(O)ccc1CC(C)N. The average Bonchev–Trinajstić information content (AvgIpc) is 2.07. The van der Waals surface area contributed by atoms with Gasteiger partial charge in [0.2, 0.25) is 0 Å². The Morgan fingerprint density at radius 2 is 2.23 bits per heavy atom. The van der Waals surface area contributed by atoms with E-state index in [1.807, 2.05) is 13.0 Å². The highest BCUT2D eigenvalue weighted by Gasteiger charge is 2.05. The molecule has 0 bridgehead atoms. The lowest BCUT2D eigenvalue weighted by molar-refractivity contribution is 0.401. The molecule has 0 aliphatic heterocycles. The first-order valence-electron chi connectivity index (χ1n) is 4.25. The topological polar surface area (TPSA) is 55.5 Å². The second-order valence-electron chi connectivity index (χ2n) is 3.18. The zero-order valence-electron chi connectivity index (χ0n) is 7.95. The molecule has 3 N–H and O–H groups in total. The summed E-state index contributed by atoms with van der Waals surface area (Å²) in [5, 5.41) is 9.19. The predicted molar refractivity (Wildman–Crippen MR) is 52.0 cm³/mol. The Kier molecular flexibility index (Phi) is 3.14. The van der Waals surface area contributed by atoms with E-state index in [1.165, 1.54) is 0 Å². The van der Waals surface area contributed by atoms with Gasteiger partial charge in [-0.05, 0) is 25.0 Å². The number of aromatic hydroxyl groups is 1. The van der Waals surface area contributed by atoms with E-state index >= 15 is 0 Å². The van der Waals surface area contributed by atoms with Gasteiger partial charge in [-0.3, -0.25) is 0 Å². The molecule has 0 aromatic heterocycles. The van der Waals surface area contributed by atoms with Crippen LogP contribution in [0.2, 0.25) is 0 Å². The minimum atomic E-state index is 0.0958. The molecule has 1 atom stereocenters. The number of rotatable bonds is 3. The van der Waals surface area contributed by atoms with Crippen molar-refractivity contribution in [2.75, 3.05) is 7.11 Å². The molecule has 13 heavy (non-hydrogen) atoms. The summed E-state index contributed by atoms with van der Waals surface area (Å²) in [6, 6.07) is 5.16. The van der Waals surface area contributed by atoms with Crippen LogP contribution in [-0.2, 0) is 6.42 Å². The molecule has 0 radical (unpaired) electrons. The Morgan fingerprint density at radius 1 is 1.54 bits per heavy atom. The highest BCUT2D eigenvalue weighted by Crippen LogP contribution is 2.24. The van der Waals surface area contributed by atoms with E-state index in [0.717, 1.165) is 12.0 Å². The van der Waals surface area contributed by atoms with Crippen LogP contribution in [0, 0.1) is 0 Å². The van der Waals surface area contributed by atoms with Crippen LogP contribution in [0.5, 0.6) is 11.5 Å². The minimum absolute atomic E-state index is 0.0958. The van der Waals surface area contributed by atoms with Gasteiger partial charge < -0.3 is 15.6 Å². The summed E-state index contributed by atoms with van der Waals surface area (Å²) >= 11 is 0. The molecular formula is C10H15NO2. The lowest BCUT2D eigenvalue weighted by Crippen LogP contribution is -2.18. The molecule has 3 nitrogen and oxygen atoms in total. The molecule has 1 unspecified atom stereocenters. The third kappa shape index (κ3) is 2.63. The Hall–Kier alpha value is -1.22. The Labute approximate surface area is 78.1 Å². The van der Waals surface area contributed by atoms with Gasteiger partial charge in [-0.25, -0.2) is 0 Å². The molecule has 1 aromatic rings. The summed E-state index contributed by atoms with van der Waals surface area (Å²) in [6.45, 7) is 1.94. The number of hydrogen-bond donors (Lipinski definition) is 2. The first kappa shape index (κ1) is 9.86. The molecule has 0 saturated carbocycles. The molecule has 0 amide bonds. The summed E-state index contributed by atoms with van der Waals surface area (Å²) in [4.78, 5) is 0. The van der Waals surface area contributed by atoms with Gasteiger partial charge in [0.05, 0.1) is 7.11 Å². The first-order chi connectivity index (χ1) is 6.13. The number of phenols is 1. The highest BCUT2D eigenvalue weighted by atomic mass is 16.5. The smallest absolute Gasteiger partial charge is 0.125 e. The van der Waals surface area contributed by atoms with Crippen molar-refractivity contribution in [3.8, 4) is 11.5 Å². The third-order valence-corrected chi connectivity index (χ3v) is 1.81. The van der Waals surface area contributed by atoms with Gasteiger partial charge in [0, 0.05) is 12.1 Å². The van der Waals surface area contributed by atoms with Crippen LogP contribution < -0.4 is 10.5 Å². The minimum Gasteiger partial charge on any atom is -0.508 e. The van der Waals surface area contributed by atoms with Crippen LogP contribution in [0.25, 0.3) is 0 Å². The van der Waals surface area contributed by atoms with Gasteiger partial charge in [0.1, 0.15) is 11.5 Å². The van der Waals surface area contributed by atoms with Crippen molar-refractivity contribution in [2.24, 2.45) is 5.73 Å². The monoisotopic (exact) mass is 181 g/mol. The summed E-state index contributed by atoms with van der Waals surface area (Å²) < 4.78 is 5.11. The van der Waals surface area contributed by atoms with Crippen molar-refractivity contribution >= 4 is 0 Å². The Bertz CT molecular complexity index is 284. The van der Waals surface area contributed by atoms with Crippen LogP contribution in [0.3, 0.4) is 0 Å². The number of ether oxygens (including phenoxy) is 1. The van der Waals surface area contributed by atoms with Crippen molar-refractivity contribution < 1.29 is 9.84 Å². The normalized spacial score (nSPS) is 12.5. The predicted octanol–water partition coefficient (Wildman–Crippen LogP) is 1.29. The average molecular weight is 181 g/mol. The lowest BCUT2D eigenvalue weighted by Gasteiger charge is -2.10. The fourth-order valence-corrected chi connectivity index (χ4v) is 1.25. The zero-order chi connectivity index (χ0) is 9.84. The maximum absolute atomic E-state index is 9.19. The van der Waals surface area contributed by atoms with Gasteiger partial charge in [-0.2, -0.15) is 0 Å². The van der Waals surface area contributed by atoms with Crippen LogP contribution >= 0.6 is 0 Å². The quantitative estimate of drug-likeness (QED) is 0.738. The molecule has 1 aromatic carbocycles. The molecular weight excluding hydrogens is 166 g/mol. The zero-order valence-corrected chi connectivity index (χ0v) is 7.95. The first-order valence-corrected chi connectivity index (χ1v) is 4.25. The molecule has 3 heteroatoms. The number of benzene rings is 1. The maximum Gasteiger partial charge on any atom is 0.125 e. The molecule has 72 valence electrons. The van der Waals surface area contributed by atoms with Gasteiger partial charge in [0.25, 0.3) is 0 Å². The van der Waals surface area contributed by atoms with Crippen molar-refractivity contribution in [3.05, 3.63) is 23.8 Å². The van der Waals surface area contributed by atoms with Crippen LogP contribution in [0.15, 0.2) is 18.2 Å². The second-order valence-corrected chi connectivity index (χ2v) is 3.18. The van der Waals surface area contributed by atoms with Crippen molar-refractivity contribution in [3.63, 3.8) is 0 Å². The van der Waals surface area contributed by atoms with Gasteiger partial charge in [0.15, 0.2) is 0 Å². The van der Waals surface area contributed by atoms with Gasteiger partial charge >= 0.3 is 0 Å². The van der Waals surface area contributed by atoms with E-state index in [1.54, 1.807) is 19.2 Å².